The van der Waals surface area contributed by atoms with Crippen LogP contribution in [0.15, 0.2) is 78.9 Å². The number of nitrogens with zero attached hydrogens (tertiary/aromatic N) is 1. The number of ether oxygens (including phenoxy) is 2. The van der Waals surface area contributed by atoms with Crippen LogP contribution in [0, 0.1) is 12.3 Å². The molecule has 3 unspecified atom stereocenters. The smallest absolute Gasteiger partial charge is 0.408 e. The lowest BCUT2D eigenvalue weighted by atomic mass is 9.95. The number of hydrogen-bond acceptors (Lipinski definition) is 7. The molecule has 50 heavy (non-hydrogen) atoms. The molecule has 0 aliphatic carbocycles. The van der Waals surface area contributed by atoms with Crippen molar-refractivity contribution < 1.29 is 33.8 Å². The molecular weight excluding hydrogens is 634 g/mol. The molecule has 10 nitrogen and oxygen atoms in total. The zero-order valence-electron chi connectivity index (χ0n) is 30.2. The van der Waals surface area contributed by atoms with Crippen LogP contribution in [-0.2, 0) is 36.7 Å². The highest BCUT2D eigenvalue weighted by Gasteiger charge is 2.40. The van der Waals surface area contributed by atoms with Gasteiger partial charge in [-0.1, -0.05) is 66.6 Å². The Kier molecular flexibility index (Phi) is 13.2. The van der Waals surface area contributed by atoms with E-state index < -0.39 is 59.2 Å². The Bertz CT molecular complexity index is 1670. The monoisotopic (exact) mass is 683 g/mol. The van der Waals surface area contributed by atoms with E-state index in [9.17, 15) is 24.3 Å². The summed E-state index contributed by atoms with van der Waals surface area (Å²) in [4.78, 5) is 57.4. The van der Waals surface area contributed by atoms with Crippen LogP contribution in [-0.4, -0.2) is 63.2 Å². The summed E-state index contributed by atoms with van der Waals surface area (Å²) in [6.07, 6.45) is 5.23. The molecule has 3 rings (SSSR count). The van der Waals surface area contributed by atoms with Crippen molar-refractivity contribution in [1.29, 1.82) is 0 Å². The Morgan fingerprint density at radius 2 is 1.30 bits per heavy atom. The van der Waals surface area contributed by atoms with E-state index in [0.29, 0.717) is 16.7 Å². The van der Waals surface area contributed by atoms with Gasteiger partial charge >= 0.3 is 12.1 Å². The molecule has 0 spiro atoms. The van der Waals surface area contributed by atoms with Crippen molar-refractivity contribution in [2.75, 3.05) is 0 Å². The molecule has 0 aromatic heterocycles. The molecule has 3 N–H and O–H groups in total. The number of rotatable bonds is 12. The summed E-state index contributed by atoms with van der Waals surface area (Å²) in [6.45, 7) is 13.8. The Hall–Kier alpha value is -5.30. The molecule has 3 amide bonds. The maximum atomic E-state index is 14.8. The summed E-state index contributed by atoms with van der Waals surface area (Å²) in [5.74, 6) is 0.760. The summed E-state index contributed by atoms with van der Waals surface area (Å²) in [5.41, 5.74) is 0.477. The Balaban J connectivity index is 2.14. The Labute approximate surface area is 295 Å². The third kappa shape index (κ3) is 11.7. The quantitative estimate of drug-likeness (QED) is 0.161. The molecule has 0 saturated heterocycles. The fraction of sp³-hybridized carbons (Fsp3) is 0.400. The molecule has 3 aromatic rings. The fourth-order valence-corrected chi connectivity index (χ4v) is 5.33. The predicted octanol–water partition coefficient (Wildman–Crippen LogP) is 5.86. The van der Waals surface area contributed by atoms with Crippen molar-refractivity contribution in [2.24, 2.45) is 0 Å². The highest BCUT2D eigenvalue weighted by Crippen LogP contribution is 2.29. The lowest BCUT2D eigenvalue weighted by Gasteiger charge is -2.38. The molecular formula is C40H49N3O7. The summed E-state index contributed by atoms with van der Waals surface area (Å²) in [6, 6.07) is 18.0. The number of terminal acetylenes is 1. The van der Waals surface area contributed by atoms with Crippen molar-refractivity contribution in [1.82, 2.24) is 15.5 Å². The second-order valence-corrected chi connectivity index (χ2v) is 14.3. The van der Waals surface area contributed by atoms with Gasteiger partial charge < -0.3 is 30.1 Å². The number of carbonyl (C=O) groups excluding carboxylic acids is 4. The van der Waals surface area contributed by atoms with Crippen LogP contribution in [0.1, 0.15) is 83.7 Å². The molecule has 266 valence electrons. The minimum atomic E-state index is -1.32. The third-order valence-electron chi connectivity index (χ3n) is 7.40. The average molecular weight is 684 g/mol. The molecule has 10 heteroatoms. The third-order valence-corrected chi connectivity index (χ3v) is 7.40. The lowest BCUT2D eigenvalue weighted by molar-refractivity contribution is -0.159. The molecule has 0 heterocycles. The number of alkyl carbamates (subject to hydrolysis) is 1. The van der Waals surface area contributed by atoms with Gasteiger partial charge in [0.05, 0.1) is 0 Å². The molecule has 3 aromatic carbocycles. The number of hydrogen-bond donors (Lipinski definition) is 3. The SMILES string of the molecule is C#Cc1ccccc1C(C(=O)NC(Cc1ccccc1)C(=O)OC(C)(C)C)N(C(=O)C(Cc1ccc(O)cc1)NC(=O)OC(C)(C)C)C(C)C. The van der Waals surface area contributed by atoms with Crippen LogP contribution in [0.4, 0.5) is 4.79 Å². The molecule has 0 saturated carbocycles. The van der Waals surface area contributed by atoms with Gasteiger partial charge in [-0.15, -0.1) is 6.42 Å². The summed E-state index contributed by atoms with van der Waals surface area (Å²) in [5, 5.41) is 15.4. The van der Waals surface area contributed by atoms with E-state index in [0.717, 1.165) is 5.56 Å². The second-order valence-electron chi connectivity index (χ2n) is 14.3. The number of carbonyl (C=O) groups is 4. The number of amides is 3. The van der Waals surface area contributed by atoms with E-state index in [1.807, 2.05) is 30.3 Å². The first kappa shape index (κ1) is 39.1. The standard InChI is InChI=1S/C40H49N3O7/c1-10-29-18-14-15-19-31(29)34(35(45)41-33(37(47)49-39(4,5)6)25-27-16-12-11-13-17-27)43(26(2)3)36(46)32(42-38(48)50-40(7,8)9)24-28-20-22-30(44)23-21-28/h1,11-23,26,32-34,44H,24-25H2,2-9H3,(H,41,45)(H,42,48). The van der Waals surface area contributed by atoms with Crippen LogP contribution in [0.25, 0.3) is 0 Å². The van der Waals surface area contributed by atoms with Crippen LogP contribution in [0.3, 0.4) is 0 Å². The molecule has 3 atom stereocenters. The summed E-state index contributed by atoms with van der Waals surface area (Å²) < 4.78 is 11.2. The Morgan fingerprint density at radius 1 is 0.760 bits per heavy atom. The Morgan fingerprint density at radius 3 is 1.86 bits per heavy atom. The first-order valence-corrected chi connectivity index (χ1v) is 16.6. The maximum Gasteiger partial charge on any atom is 0.408 e. The minimum absolute atomic E-state index is 0.0151. The van der Waals surface area contributed by atoms with Gasteiger partial charge in [-0.2, -0.15) is 0 Å². The van der Waals surface area contributed by atoms with Gasteiger partial charge in [-0.25, -0.2) is 9.59 Å². The van der Waals surface area contributed by atoms with Gasteiger partial charge in [0.1, 0.15) is 35.1 Å². The number of phenolic OH excluding ortho intramolecular Hbond substituents is 1. The van der Waals surface area contributed by atoms with Gasteiger partial charge in [0.15, 0.2) is 0 Å². The largest absolute Gasteiger partial charge is 0.508 e. The maximum absolute atomic E-state index is 14.8. The van der Waals surface area contributed by atoms with Crippen molar-refractivity contribution in [3.8, 4) is 18.1 Å². The summed E-state index contributed by atoms with van der Waals surface area (Å²) in [7, 11) is 0. The number of phenols is 1. The highest BCUT2D eigenvalue weighted by molar-refractivity contribution is 5.94. The first-order valence-electron chi connectivity index (χ1n) is 16.6. The fourth-order valence-electron chi connectivity index (χ4n) is 5.33. The van der Waals surface area contributed by atoms with E-state index in [2.05, 4.69) is 16.6 Å². The van der Waals surface area contributed by atoms with E-state index in [1.54, 1.807) is 91.8 Å². The van der Waals surface area contributed by atoms with Gasteiger partial charge in [-0.3, -0.25) is 9.59 Å². The van der Waals surface area contributed by atoms with Crippen LogP contribution in [0.5, 0.6) is 5.75 Å². The van der Waals surface area contributed by atoms with Crippen molar-refractivity contribution >= 4 is 23.9 Å². The van der Waals surface area contributed by atoms with Gasteiger partial charge in [-0.05, 0) is 90.3 Å². The molecule has 0 fully saturated rings. The molecule has 0 aliphatic heterocycles. The van der Waals surface area contributed by atoms with Crippen LogP contribution in [0.2, 0.25) is 0 Å². The average Bonchev–Trinajstić information content (AvgIpc) is 3.02. The van der Waals surface area contributed by atoms with Gasteiger partial charge in [0, 0.05) is 24.4 Å². The molecule has 0 aliphatic rings. The topological polar surface area (TPSA) is 134 Å². The van der Waals surface area contributed by atoms with E-state index >= 15 is 0 Å². The van der Waals surface area contributed by atoms with Crippen molar-refractivity contribution in [3.05, 3.63) is 101 Å². The summed E-state index contributed by atoms with van der Waals surface area (Å²) >= 11 is 0. The highest BCUT2D eigenvalue weighted by atomic mass is 16.6. The zero-order chi connectivity index (χ0) is 37.2. The molecule has 0 bridgehead atoms. The first-order chi connectivity index (χ1) is 23.4. The minimum Gasteiger partial charge on any atom is -0.508 e. The van der Waals surface area contributed by atoms with Crippen LogP contribution >= 0.6 is 0 Å². The van der Waals surface area contributed by atoms with E-state index in [1.165, 1.54) is 17.0 Å². The van der Waals surface area contributed by atoms with E-state index in [4.69, 9.17) is 15.9 Å². The number of benzene rings is 3. The normalized spacial score (nSPS) is 13.3. The van der Waals surface area contributed by atoms with E-state index in [-0.39, 0.29) is 18.6 Å². The van der Waals surface area contributed by atoms with Crippen LogP contribution < -0.4 is 10.6 Å². The number of esters is 1. The lowest BCUT2D eigenvalue weighted by Crippen LogP contribution is -2.57. The van der Waals surface area contributed by atoms with Gasteiger partial charge in [0.25, 0.3) is 0 Å². The second kappa shape index (κ2) is 16.9. The number of nitrogens with one attached hydrogen (secondary N) is 2. The van der Waals surface area contributed by atoms with Gasteiger partial charge in [0.2, 0.25) is 11.8 Å². The zero-order valence-corrected chi connectivity index (χ0v) is 30.2. The molecule has 0 radical (unpaired) electrons. The van der Waals surface area contributed by atoms with Crippen molar-refractivity contribution in [2.45, 2.75) is 104 Å². The predicted molar refractivity (Wildman–Crippen MR) is 192 cm³/mol. The number of aromatic hydroxyl groups is 1. The van der Waals surface area contributed by atoms with Crippen molar-refractivity contribution in [3.63, 3.8) is 0 Å².